The van der Waals surface area contributed by atoms with Gasteiger partial charge in [0.1, 0.15) is 0 Å². The fourth-order valence-corrected chi connectivity index (χ4v) is 2.79. The smallest absolute Gasteiger partial charge is 0.0963 e. The van der Waals surface area contributed by atoms with E-state index >= 15 is 0 Å². The minimum absolute atomic E-state index is 0.0594. The van der Waals surface area contributed by atoms with Crippen molar-refractivity contribution in [3.63, 3.8) is 0 Å². The molecule has 1 saturated heterocycles. The normalized spacial score (nSPS) is 22.8. The van der Waals surface area contributed by atoms with Crippen molar-refractivity contribution in [2.45, 2.75) is 38.6 Å². The highest BCUT2D eigenvalue weighted by Crippen LogP contribution is 2.37. The molecule has 0 aliphatic carbocycles. The summed E-state index contributed by atoms with van der Waals surface area (Å²) < 4.78 is 5.56. The van der Waals surface area contributed by atoms with Crippen molar-refractivity contribution >= 4 is 0 Å². The maximum absolute atomic E-state index is 5.56. The summed E-state index contributed by atoms with van der Waals surface area (Å²) in [6.45, 7) is 5.33. The van der Waals surface area contributed by atoms with Crippen molar-refractivity contribution in [3.8, 4) is 0 Å². The topological polar surface area (TPSA) is 21.3 Å². The lowest BCUT2D eigenvalue weighted by atomic mass is 9.84. The summed E-state index contributed by atoms with van der Waals surface area (Å²) in [5.41, 5.74) is 2.70. The molecule has 1 heterocycles. The molecule has 1 fully saturated rings. The number of hydrogen-bond donors (Lipinski definition) is 1. The van der Waals surface area contributed by atoms with Crippen LogP contribution >= 0.6 is 0 Å². The highest BCUT2D eigenvalue weighted by Gasteiger charge is 2.36. The summed E-state index contributed by atoms with van der Waals surface area (Å²) in [6.07, 6.45) is 3.35. The van der Waals surface area contributed by atoms with Crippen LogP contribution in [0.15, 0.2) is 41.7 Å². The average Bonchev–Trinajstić information content (AvgIpc) is 2.86. The van der Waals surface area contributed by atoms with Gasteiger partial charge in [-0.2, -0.15) is 0 Å². The molecule has 1 aromatic rings. The van der Waals surface area contributed by atoms with E-state index in [2.05, 4.69) is 49.5 Å². The lowest BCUT2D eigenvalue weighted by molar-refractivity contribution is 0.232. The molecule has 1 aliphatic heterocycles. The van der Waals surface area contributed by atoms with E-state index < -0.39 is 0 Å². The van der Waals surface area contributed by atoms with Crippen molar-refractivity contribution in [2.75, 3.05) is 13.7 Å². The van der Waals surface area contributed by atoms with Crippen LogP contribution in [0.5, 0.6) is 0 Å². The second-order valence-corrected chi connectivity index (χ2v) is 5.28. The van der Waals surface area contributed by atoms with E-state index in [1.54, 1.807) is 7.11 Å². The van der Waals surface area contributed by atoms with E-state index in [1.165, 1.54) is 24.0 Å². The van der Waals surface area contributed by atoms with Gasteiger partial charge in [-0.3, -0.25) is 0 Å². The summed E-state index contributed by atoms with van der Waals surface area (Å²) in [5.74, 6) is 1.10. The Kier molecular flexibility index (Phi) is 4.07. The highest BCUT2D eigenvalue weighted by atomic mass is 16.5. The molecular formula is C16H23NO. The molecule has 18 heavy (non-hydrogen) atoms. The lowest BCUT2D eigenvalue weighted by Gasteiger charge is -2.31. The Bertz CT molecular complexity index is 412. The minimum Gasteiger partial charge on any atom is -0.501 e. The van der Waals surface area contributed by atoms with Gasteiger partial charge in [-0.05, 0) is 44.4 Å². The Morgan fingerprint density at radius 3 is 2.50 bits per heavy atom. The Balaban J connectivity index is 2.31. The zero-order valence-electron chi connectivity index (χ0n) is 11.6. The van der Waals surface area contributed by atoms with E-state index in [4.69, 9.17) is 4.74 Å². The molecule has 0 radical (unpaired) electrons. The fourth-order valence-electron chi connectivity index (χ4n) is 2.79. The minimum atomic E-state index is 0.0594. The van der Waals surface area contributed by atoms with Crippen molar-refractivity contribution < 1.29 is 4.74 Å². The van der Waals surface area contributed by atoms with Crippen molar-refractivity contribution in [2.24, 2.45) is 0 Å². The van der Waals surface area contributed by atoms with Crippen molar-refractivity contribution in [1.82, 2.24) is 5.32 Å². The molecule has 2 nitrogen and oxygen atoms in total. The molecule has 0 aromatic heterocycles. The zero-order valence-corrected chi connectivity index (χ0v) is 11.6. The number of benzene rings is 1. The molecule has 1 unspecified atom stereocenters. The maximum Gasteiger partial charge on any atom is 0.0963 e. The van der Waals surface area contributed by atoms with Gasteiger partial charge in [-0.25, -0.2) is 0 Å². The first-order chi connectivity index (χ1) is 8.68. The second kappa shape index (κ2) is 5.57. The predicted octanol–water partition coefficient (Wildman–Crippen LogP) is 3.60. The molecule has 1 aliphatic rings. The van der Waals surface area contributed by atoms with Crippen LogP contribution in [0.25, 0.3) is 0 Å². The first-order valence-electron chi connectivity index (χ1n) is 6.69. The van der Waals surface area contributed by atoms with E-state index in [-0.39, 0.29) is 5.54 Å². The predicted molar refractivity (Wildman–Crippen MR) is 75.4 cm³/mol. The summed E-state index contributed by atoms with van der Waals surface area (Å²) >= 11 is 0. The quantitative estimate of drug-likeness (QED) is 0.818. The standard InChI is InChI=1S/C16H23NO/c1-13(2)15(18-3)12-16(10-7-11-17-16)14-8-5-4-6-9-14/h4-6,8-9,17H,7,10-12H2,1-3H3. The number of hydrogen-bond acceptors (Lipinski definition) is 2. The third-order valence-corrected chi connectivity index (χ3v) is 3.84. The van der Waals surface area contributed by atoms with Gasteiger partial charge in [0.15, 0.2) is 0 Å². The third kappa shape index (κ3) is 2.59. The van der Waals surface area contributed by atoms with Crippen LogP contribution < -0.4 is 5.32 Å². The van der Waals surface area contributed by atoms with Crippen LogP contribution in [0, 0.1) is 0 Å². The lowest BCUT2D eigenvalue weighted by Crippen LogP contribution is -2.37. The molecule has 1 aromatic carbocycles. The number of ether oxygens (including phenoxy) is 1. The van der Waals surface area contributed by atoms with Gasteiger partial charge in [0, 0.05) is 6.42 Å². The van der Waals surface area contributed by atoms with Crippen molar-refractivity contribution in [3.05, 3.63) is 47.2 Å². The van der Waals surface area contributed by atoms with Gasteiger partial charge < -0.3 is 10.1 Å². The first kappa shape index (κ1) is 13.2. The van der Waals surface area contributed by atoms with Gasteiger partial charge >= 0.3 is 0 Å². The van der Waals surface area contributed by atoms with Gasteiger partial charge in [0.25, 0.3) is 0 Å². The largest absolute Gasteiger partial charge is 0.501 e. The average molecular weight is 245 g/mol. The molecule has 1 atom stereocenters. The molecule has 0 spiro atoms. The van der Waals surface area contributed by atoms with Crippen LogP contribution in [0.3, 0.4) is 0 Å². The van der Waals surface area contributed by atoms with E-state index in [9.17, 15) is 0 Å². The Hall–Kier alpha value is -1.28. The second-order valence-electron chi connectivity index (χ2n) is 5.28. The molecular weight excluding hydrogens is 222 g/mol. The van der Waals surface area contributed by atoms with E-state index in [0.717, 1.165) is 18.7 Å². The zero-order chi connectivity index (χ0) is 13.0. The molecule has 98 valence electrons. The summed E-state index contributed by atoms with van der Waals surface area (Å²) in [5, 5.41) is 3.69. The summed E-state index contributed by atoms with van der Waals surface area (Å²) in [4.78, 5) is 0. The molecule has 1 N–H and O–H groups in total. The Morgan fingerprint density at radius 1 is 1.28 bits per heavy atom. The Morgan fingerprint density at radius 2 is 2.00 bits per heavy atom. The van der Waals surface area contributed by atoms with E-state index in [0.29, 0.717) is 0 Å². The molecule has 2 heteroatoms. The van der Waals surface area contributed by atoms with Crippen LogP contribution in [-0.2, 0) is 10.3 Å². The molecule has 2 rings (SSSR count). The van der Waals surface area contributed by atoms with Gasteiger partial charge in [-0.1, -0.05) is 30.3 Å². The van der Waals surface area contributed by atoms with E-state index in [1.807, 2.05) is 0 Å². The van der Waals surface area contributed by atoms with Crippen LogP contribution in [0.4, 0.5) is 0 Å². The Labute approximate surface area is 110 Å². The monoisotopic (exact) mass is 245 g/mol. The maximum atomic E-state index is 5.56. The molecule has 0 saturated carbocycles. The number of nitrogens with one attached hydrogen (secondary N) is 1. The number of rotatable bonds is 4. The van der Waals surface area contributed by atoms with Crippen LogP contribution in [-0.4, -0.2) is 13.7 Å². The molecule has 0 amide bonds. The first-order valence-corrected chi connectivity index (χ1v) is 6.69. The SMILES string of the molecule is COC(CC1(c2ccccc2)CCCN1)=C(C)C. The summed E-state index contributed by atoms with van der Waals surface area (Å²) in [6, 6.07) is 10.7. The summed E-state index contributed by atoms with van der Waals surface area (Å²) in [7, 11) is 1.77. The number of allylic oxidation sites excluding steroid dienone is 1. The molecule has 0 bridgehead atoms. The third-order valence-electron chi connectivity index (χ3n) is 3.84. The van der Waals surface area contributed by atoms with Crippen LogP contribution in [0.1, 0.15) is 38.7 Å². The number of methoxy groups -OCH3 is 1. The van der Waals surface area contributed by atoms with Gasteiger partial charge in [-0.15, -0.1) is 0 Å². The van der Waals surface area contributed by atoms with Crippen molar-refractivity contribution in [1.29, 1.82) is 0 Å². The van der Waals surface area contributed by atoms with Crippen LogP contribution in [0.2, 0.25) is 0 Å². The van der Waals surface area contributed by atoms with Gasteiger partial charge in [0.05, 0.1) is 18.4 Å². The fraction of sp³-hybridized carbons (Fsp3) is 0.500. The highest BCUT2D eigenvalue weighted by molar-refractivity contribution is 5.28. The van der Waals surface area contributed by atoms with Gasteiger partial charge in [0.2, 0.25) is 0 Å².